The number of benzene rings is 2. The van der Waals surface area contributed by atoms with Gasteiger partial charge in [0, 0.05) is 33.1 Å². The van der Waals surface area contributed by atoms with Gasteiger partial charge in [-0.2, -0.15) is 4.99 Å². The maximum absolute atomic E-state index is 12.6. The summed E-state index contributed by atoms with van der Waals surface area (Å²) in [5.74, 6) is 0.859. The van der Waals surface area contributed by atoms with Gasteiger partial charge in [-0.15, -0.1) is 0 Å². The van der Waals surface area contributed by atoms with Crippen LogP contribution < -0.4 is 20.5 Å². The number of nitrogens with zero attached hydrogens (tertiary/aromatic N) is 1. The quantitative estimate of drug-likeness (QED) is 0.525. The van der Waals surface area contributed by atoms with Crippen molar-refractivity contribution in [2.45, 2.75) is 19.1 Å². The second-order valence-electron chi connectivity index (χ2n) is 6.59. The highest BCUT2D eigenvalue weighted by Gasteiger charge is 2.28. The van der Waals surface area contributed by atoms with E-state index in [1.54, 1.807) is 32.5 Å². The van der Waals surface area contributed by atoms with Crippen molar-refractivity contribution in [2.24, 2.45) is 10.7 Å². The topological polar surface area (TPSA) is 95.2 Å². The first-order valence-corrected chi connectivity index (χ1v) is 9.32. The Morgan fingerprint density at radius 3 is 2.90 bits per heavy atom. The number of carbonyl (C=O) groups is 1. The lowest BCUT2D eigenvalue weighted by atomic mass is 10.1. The molecule has 7 nitrogen and oxygen atoms in total. The fraction of sp³-hybridized carbons (Fsp3) is 0.273. The van der Waals surface area contributed by atoms with Crippen LogP contribution in [0.15, 0.2) is 59.7 Å². The Balaban J connectivity index is 0.00000320. The summed E-state index contributed by atoms with van der Waals surface area (Å²) < 4.78 is 17.2. The number of amidine groups is 1. The molecule has 0 spiro atoms. The van der Waals surface area contributed by atoms with E-state index < -0.39 is 5.91 Å². The number of methoxy groups -OCH3 is 1. The summed E-state index contributed by atoms with van der Waals surface area (Å²) in [6, 6.07) is 13.2. The minimum Gasteiger partial charge on any atom is -0.488 e. The number of hydrogen-bond donors (Lipinski definition) is 2. The van der Waals surface area contributed by atoms with Crippen LogP contribution in [0, 0.1) is 0 Å². The Hall–Kier alpha value is -3.32. The van der Waals surface area contributed by atoms with Crippen molar-refractivity contribution in [2.75, 3.05) is 20.8 Å². The molecule has 1 aliphatic rings. The second-order valence-corrected chi connectivity index (χ2v) is 6.59. The molecule has 0 saturated heterocycles. The molecule has 29 heavy (non-hydrogen) atoms. The third kappa shape index (κ3) is 5.36. The smallest absolute Gasteiger partial charge is 0.279 e. The summed E-state index contributed by atoms with van der Waals surface area (Å²) in [6.45, 7) is 0.839. The molecule has 0 aromatic heterocycles. The molecule has 0 saturated carbocycles. The van der Waals surface area contributed by atoms with Gasteiger partial charge in [0.2, 0.25) is 0 Å². The molecule has 0 radical (unpaired) electrons. The lowest BCUT2D eigenvalue weighted by molar-refractivity contribution is 0.0947. The molecule has 0 fully saturated rings. The number of nitrogens with one attached hydrogen (secondary N) is 1. The van der Waals surface area contributed by atoms with Crippen LogP contribution in [-0.2, 0) is 17.8 Å². The van der Waals surface area contributed by atoms with Crippen molar-refractivity contribution in [3.8, 4) is 11.5 Å². The third-order valence-corrected chi connectivity index (χ3v) is 4.38. The highest BCUT2D eigenvalue weighted by atomic mass is 16.5. The molecular formula is C22H27N3O4. The largest absolute Gasteiger partial charge is 0.488 e. The predicted molar refractivity (Wildman–Crippen MR) is 113 cm³/mol. The number of aliphatic imine (C=N–C) groups is 1. The van der Waals surface area contributed by atoms with Crippen molar-refractivity contribution in [3.05, 3.63) is 71.4 Å². The van der Waals surface area contributed by atoms with Gasteiger partial charge in [-0.05, 0) is 30.0 Å². The van der Waals surface area contributed by atoms with Crippen molar-refractivity contribution in [1.82, 2.24) is 5.32 Å². The van der Waals surface area contributed by atoms with Crippen molar-refractivity contribution in [1.29, 1.82) is 0 Å². The van der Waals surface area contributed by atoms with E-state index >= 15 is 0 Å². The number of nitrogens with two attached hydrogens (primary N) is 1. The van der Waals surface area contributed by atoms with Crippen LogP contribution in [0.5, 0.6) is 11.5 Å². The SMILES string of the molecule is CN/C=C\C(N)=NC(=O)c1cc(OCc2ccccc2)c2c(c1)OC(COC)C2.[HH]. The standard InChI is InChI=1S/C22H25N3O4.H2/c1-24-9-8-21(23)25-22(26)16-10-19(28-13-15-6-4-3-5-7-15)18-12-17(14-27-2)29-20(18)11-16;/h3-11,17,24H,12-14H2,1-2H3,(H2,23,25,26);1H/b9-8-;. The van der Waals surface area contributed by atoms with E-state index in [2.05, 4.69) is 10.3 Å². The number of carbonyl (C=O) groups excluding carboxylic acids is 1. The maximum Gasteiger partial charge on any atom is 0.279 e. The van der Waals surface area contributed by atoms with Gasteiger partial charge in [0.05, 0.1) is 6.61 Å². The fourth-order valence-corrected chi connectivity index (χ4v) is 3.03. The Morgan fingerprint density at radius 1 is 1.38 bits per heavy atom. The van der Waals surface area contributed by atoms with E-state index in [4.69, 9.17) is 19.9 Å². The summed E-state index contributed by atoms with van der Waals surface area (Å²) in [5, 5.41) is 2.80. The molecule has 2 aromatic carbocycles. The monoisotopic (exact) mass is 397 g/mol. The summed E-state index contributed by atoms with van der Waals surface area (Å²) in [7, 11) is 3.36. The van der Waals surface area contributed by atoms with Crippen LogP contribution in [0.25, 0.3) is 0 Å². The number of hydrogen-bond acceptors (Lipinski definition) is 5. The van der Waals surface area contributed by atoms with Crippen LogP contribution in [-0.4, -0.2) is 38.6 Å². The van der Waals surface area contributed by atoms with Crippen LogP contribution in [0.4, 0.5) is 0 Å². The van der Waals surface area contributed by atoms with Crippen LogP contribution >= 0.6 is 0 Å². The molecule has 154 valence electrons. The first-order valence-electron chi connectivity index (χ1n) is 9.32. The average Bonchev–Trinajstić information content (AvgIpc) is 3.14. The van der Waals surface area contributed by atoms with Crippen LogP contribution in [0.2, 0.25) is 0 Å². The van der Waals surface area contributed by atoms with Crippen LogP contribution in [0.3, 0.4) is 0 Å². The Morgan fingerprint density at radius 2 is 2.17 bits per heavy atom. The Labute approximate surface area is 171 Å². The fourth-order valence-electron chi connectivity index (χ4n) is 3.03. The number of amides is 1. The lowest BCUT2D eigenvalue weighted by Gasteiger charge is -2.11. The van der Waals surface area contributed by atoms with Crippen molar-refractivity contribution in [3.63, 3.8) is 0 Å². The van der Waals surface area contributed by atoms with Crippen molar-refractivity contribution < 1.29 is 20.4 Å². The van der Waals surface area contributed by atoms with Crippen LogP contribution in [0.1, 0.15) is 22.9 Å². The summed E-state index contributed by atoms with van der Waals surface area (Å²) in [5.41, 5.74) is 8.08. The third-order valence-electron chi connectivity index (χ3n) is 4.38. The van der Waals surface area contributed by atoms with Gasteiger partial charge in [0.1, 0.15) is 30.0 Å². The highest BCUT2D eigenvalue weighted by Crippen LogP contribution is 2.38. The molecule has 1 aliphatic heterocycles. The van der Waals surface area contributed by atoms with E-state index in [0.29, 0.717) is 36.7 Å². The van der Waals surface area contributed by atoms with E-state index in [9.17, 15) is 4.79 Å². The molecule has 3 rings (SSSR count). The van der Waals surface area contributed by atoms with E-state index in [-0.39, 0.29) is 13.4 Å². The van der Waals surface area contributed by atoms with Crippen molar-refractivity contribution >= 4 is 11.7 Å². The second kappa shape index (κ2) is 9.75. The predicted octanol–water partition coefficient (Wildman–Crippen LogP) is 2.69. The summed E-state index contributed by atoms with van der Waals surface area (Å²) in [4.78, 5) is 16.5. The number of ether oxygens (including phenoxy) is 3. The van der Waals surface area contributed by atoms with Gasteiger partial charge in [0.25, 0.3) is 5.91 Å². The minimum atomic E-state index is -0.464. The average molecular weight is 397 g/mol. The molecule has 1 amide bonds. The molecule has 7 heteroatoms. The lowest BCUT2D eigenvalue weighted by Crippen LogP contribution is -2.19. The first kappa shape index (κ1) is 20.4. The molecule has 1 unspecified atom stereocenters. The van der Waals surface area contributed by atoms with E-state index in [1.165, 1.54) is 6.08 Å². The van der Waals surface area contributed by atoms with Gasteiger partial charge >= 0.3 is 0 Å². The number of rotatable bonds is 8. The highest BCUT2D eigenvalue weighted by molar-refractivity contribution is 6.06. The summed E-state index contributed by atoms with van der Waals surface area (Å²) >= 11 is 0. The molecule has 0 bridgehead atoms. The summed E-state index contributed by atoms with van der Waals surface area (Å²) in [6.07, 6.45) is 3.65. The minimum absolute atomic E-state index is 0. The first-order chi connectivity index (χ1) is 14.1. The molecule has 0 aliphatic carbocycles. The Kier molecular flexibility index (Phi) is 6.86. The zero-order chi connectivity index (χ0) is 20.6. The van der Waals surface area contributed by atoms with Gasteiger partial charge in [-0.3, -0.25) is 4.79 Å². The zero-order valence-corrected chi connectivity index (χ0v) is 16.6. The maximum atomic E-state index is 12.6. The molecule has 3 N–H and O–H groups in total. The zero-order valence-electron chi connectivity index (χ0n) is 16.6. The molecular weight excluding hydrogens is 370 g/mol. The molecule has 1 heterocycles. The van der Waals surface area contributed by atoms with Gasteiger partial charge in [0.15, 0.2) is 0 Å². The molecule has 2 aromatic rings. The van der Waals surface area contributed by atoms with Gasteiger partial charge < -0.3 is 25.3 Å². The van der Waals surface area contributed by atoms with E-state index in [0.717, 1.165) is 11.1 Å². The number of fused-ring (bicyclic) bond motifs is 1. The van der Waals surface area contributed by atoms with Gasteiger partial charge in [-0.25, -0.2) is 0 Å². The van der Waals surface area contributed by atoms with E-state index in [1.807, 2.05) is 30.3 Å². The normalized spacial score (nSPS) is 15.8. The van der Waals surface area contributed by atoms with Gasteiger partial charge in [-0.1, -0.05) is 30.3 Å². The molecule has 1 atom stereocenters. The Bertz CT molecular complexity index is 916.